The zero-order valence-electron chi connectivity index (χ0n) is 9.57. The molecule has 1 N–H and O–H groups in total. The fraction of sp³-hybridized carbons (Fsp3) is 0.364. The number of sulfone groups is 1. The normalized spacial score (nSPS) is 13.1. The van der Waals surface area contributed by atoms with E-state index in [1.165, 1.54) is 18.2 Å². The lowest BCUT2D eigenvalue weighted by atomic mass is 10.1. The number of benzene rings is 1. The van der Waals surface area contributed by atoms with Crippen LogP contribution in [0.2, 0.25) is 0 Å². The molecule has 92 valence electrons. The van der Waals surface area contributed by atoms with Crippen molar-refractivity contribution in [1.82, 2.24) is 5.32 Å². The van der Waals surface area contributed by atoms with Crippen LogP contribution in [-0.2, 0) is 9.84 Å². The largest absolute Gasteiger partial charge is 0.298 e. The average Bonchev–Trinajstić information content (AvgIpc) is 2.23. The second-order valence-corrected chi connectivity index (χ2v) is 5.71. The van der Waals surface area contributed by atoms with E-state index >= 15 is 0 Å². The van der Waals surface area contributed by atoms with Gasteiger partial charge in [0.1, 0.15) is 10.7 Å². The highest BCUT2D eigenvalue weighted by Gasteiger charge is 2.15. The third kappa shape index (κ3) is 3.51. The van der Waals surface area contributed by atoms with E-state index in [4.69, 9.17) is 5.26 Å². The molecule has 1 atom stereocenters. The predicted octanol–water partition coefficient (Wildman–Crippen LogP) is 1.40. The molecule has 0 saturated heterocycles. The van der Waals surface area contributed by atoms with Gasteiger partial charge in [-0.05, 0) is 24.6 Å². The minimum absolute atomic E-state index is 0.149. The van der Waals surface area contributed by atoms with Crippen molar-refractivity contribution in [2.45, 2.75) is 17.9 Å². The maximum atomic E-state index is 13.6. The van der Waals surface area contributed by atoms with E-state index in [2.05, 4.69) is 5.32 Å². The molecule has 0 aromatic heterocycles. The van der Waals surface area contributed by atoms with E-state index in [0.29, 0.717) is 5.56 Å². The fourth-order valence-corrected chi connectivity index (χ4v) is 2.13. The lowest BCUT2D eigenvalue weighted by Crippen LogP contribution is -2.19. The first-order valence-electron chi connectivity index (χ1n) is 4.96. The van der Waals surface area contributed by atoms with E-state index in [0.717, 1.165) is 6.26 Å². The van der Waals surface area contributed by atoms with Crippen molar-refractivity contribution < 1.29 is 12.8 Å². The molecule has 0 radical (unpaired) electrons. The zero-order valence-corrected chi connectivity index (χ0v) is 10.4. The van der Waals surface area contributed by atoms with Crippen LogP contribution in [-0.4, -0.2) is 21.2 Å². The van der Waals surface area contributed by atoms with Crippen molar-refractivity contribution in [2.75, 3.05) is 12.8 Å². The molecule has 0 aliphatic rings. The molecule has 0 saturated carbocycles. The van der Waals surface area contributed by atoms with Gasteiger partial charge in [0.05, 0.1) is 12.6 Å². The summed E-state index contributed by atoms with van der Waals surface area (Å²) in [6.07, 6.45) is 0.961. The van der Waals surface area contributed by atoms with Gasteiger partial charge >= 0.3 is 0 Å². The summed E-state index contributed by atoms with van der Waals surface area (Å²) in [5.41, 5.74) is 0.602. The van der Waals surface area contributed by atoms with Gasteiger partial charge in [-0.2, -0.15) is 5.26 Å². The highest BCUT2D eigenvalue weighted by Crippen LogP contribution is 2.19. The Morgan fingerprint density at radius 1 is 1.53 bits per heavy atom. The van der Waals surface area contributed by atoms with Gasteiger partial charge in [0.25, 0.3) is 0 Å². The average molecular weight is 256 g/mol. The number of hydrogen-bond donors (Lipinski definition) is 1. The van der Waals surface area contributed by atoms with Crippen LogP contribution >= 0.6 is 0 Å². The quantitative estimate of drug-likeness (QED) is 0.827. The van der Waals surface area contributed by atoms with Crippen molar-refractivity contribution in [1.29, 1.82) is 5.26 Å². The molecule has 17 heavy (non-hydrogen) atoms. The van der Waals surface area contributed by atoms with Gasteiger partial charge in [-0.15, -0.1) is 0 Å². The summed E-state index contributed by atoms with van der Waals surface area (Å²) in [5.74, 6) is -0.768. The molecule has 1 aromatic carbocycles. The standard InChI is InChI=1S/C11H13FN2O2S/c1-8(14-6-5-13)9-3-4-11(10(12)7-9)17(2,15)16/h3-4,7-8,14H,6H2,1-2H3. The summed E-state index contributed by atoms with van der Waals surface area (Å²) >= 11 is 0. The van der Waals surface area contributed by atoms with Gasteiger partial charge in [-0.25, -0.2) is 12.8 Å². The molecule has 1 unspecified atom stereocenters. The molecule has 0 heterocycles. The number of hydrogen-bond acceptors (Lipinski definition) is 4. The SMILES string of the molecule is CC(NCC#N)c1ccc(S(C)(=O)=O)c(F)c1. The molecule has 1 aromatic rings. The van der Waals surface area contributed by atoms with Crippen LogP contribution < -0.4 is 5.32 Å². The maximum Gasteiger partial charge on any atom is 0.178 e. The Labute approximate surface area is 100.0 Å². The maximum absolute atomic E-state index is 13.6. The number of nitriles is 1. The Morgan fingerprint density at radius 3 is 2.65 bits per heavy atom. The lowest BCUT2D eigenvalue weighted by molar-refractivity contribution is 0.561. The molecule has 0 spiro atoms. The second kappa shape index (κ2) is 5.25. The molecule has 6 heteroatoms. The Bertz CT molecular complexity index is 549. The number of nitrogens with zero attached hydrogens (tertiary/aromatic N) is 1. The predicted molar refractivity (Wildman–Crippen MR) is 61.5 cm³/mol. The molecule has 1 rings (SSSR count). The Balaban J connectivity index is 3.02. The molecular formula is C11H13FN2O2S. The second-order valence-electron chi connectivity index (χ2n) is 3.72. The fourth-order valence-electron chi connectivity index (χ4n) is 1.40. The first kappa shape index (κ1) is 13.6. The van der Waals surface area contributed by atoms with E-state index in [1.807, 2.05) is 6.07 Å². The monoisotopic (exact) mass is 256 g/mol. The summed E-state index contributed by atoms with van der Waals surface area (Å²) in [7, 11) is -3.54. The first-order chi connectivity index (χ1) is 7.86. The van der Waals surface area contributed by atoms with Gasteiger partial charge < -0.3 is 0 Å². The Morgan fingerprint density at radius 2 is 2.18 bits per heavy atom. The highest BCUT2D eigenvalue weighted by atomic mass is 32.2. The number of nitrogens with one attached hydrogen (secondary N) is 1. The third-order valence-corrected chi connectivity index (χ3v) is 3.47. The smallest absolute Gasteiger partial charge is 0.178 e. The highest BCUT2D eigenvalue weighted by molar-refractivity contribution is 7.90. The zero-order chi connectivity index (χ0) is 13.1. The Kier molecular flexibility index (Phi) is 4.21. The van der Waals surface area contributed by atoms with Crippen molar-refractivity contribution in [3.63, 3.8) is 0 Å². The van der Waals surface area contributed by atoms with Gasteiger partial charge in [-0.1, -0.05) is 6.07 Å². The third-order valence-electron chi connectivity index (χ3n) is 2.34. The lowest BCUT2D eigenvalue weighted by Gasteiger charge is -2.12. The summed E-state index contributed by atoms with van der Waals surface area (Å²) in [4.78, 5) is -0.311. The number of rotatable bonds is 4. The van der Waals surface area contributed by atoms with Gasteiger partial charge in [0.2, 0.25) is 0 Å². The molecule has 0 aliphatic carbocycles. The van der Waals surface area contributed by atoms with Crippen LogP contribution in [0.3, 0.4) is 0 Å². The van der Waals surface area contributed by atoms with E-state index in [9.17, 15) is 12.8 Å². The summed E-state index contributed by atoms with van der Waals surface area (Å²) in [5, 5.41) is 11.3. The van der Waals surface area contributed by atoms with Gasteiger partial charge in [0.15, 0.2) is 9.84 Å². The number of halogens is 1. The van der Waals surface area contributed by atoms with Crippen molar-refractivity contribution in [3.05, 3.63) is 29.6 Å². The molecule has 0 amide bonds. The molecule has 0 fully saturated rings. The van der Waals surface area contributed by atoms with Gasteiger partial charge in [0, 0.05) is 12.3 Å². The summed E-state index contributed by atoms with van der Waals surface area (Å²) in [6.45, 7) is 1.92. The van der Waals surface area contributed by atoms with Crippen LogP contribution in [0, 0.1) is 17.1 Å². The van der Waals surface area contributed by atoms with E-state index in [1.54, 1.807) is 6.92 Å². The van der Waals surface area contributed by atoms with E-state index < -0.39 is 15.7 Å². The first-order valence-corrected chi connectivity index (χ1v) is 6.85. The summed E-state index contributed by atoms with van der Waals surface area (Å²) < 4.78 is 36.0. The molecule has 0 aliphatic heterocycles. The molecular weight excluding hydrogens is 243 g/mol. The Hall–Kier alpha value is -1.45. The molecule has 4 nitrogen and oxygen atoms in total. The van der Waals surface area contributed by atoms with Crippen LogP contribution in [0.25, 0.3) is 0 Å². The minimum atomic E-state index is -3.54. The van der Waals surface area contributed by atoms with Crippen LogP contribution in [0.4, 0.5) is 4.39 Å². The van der Waals surface area contributed by atoms with Crippen molar-refractivity contribution in [2.24, 2.45) is 0 Å². The van der Waals surface area contributed by atoms with E-state index in [-0.39, 0.29) is 17.5 Å². The van der Waals surface area contributed by atoms with Gasteiger partial charge in [-0.3, -0.25) is 5.32 Å². The van der Waals surface area contributed by atoms with Crippen LogP contribution in [0.15, 0.2) is 23.1 Å². The van der Waals surface area contributed by atoms with Crippen molar-refractivity contribution >= 4 is 9.84 Å². The van der Waals surface area contributed by atoms with Crippen molar-refractivity contribution in [3.8, 4) is 6.07 Å². The summed E-state index contributed by atoms with van der Waals surface area (Å²) in [6, 6.07) is 5.66. The van der Waals surface area contributed by atoms with Crippen LogP contribution in [0.5, 0.6) is 0 Å². The topological polar surface area (TPSA) is 70.0 Å². The minimum Gasteiger partial charge on any atom is -0.298 e. The molecule has 0 bridgehead atoms. The van der Waals surface area contributed by atoms with Crippen LogP contribution in [0.1, 0.15) is 18.5 Å².